The van der Waals surface area contributed by atoms with Crippen molar-refractivity contribution in [1.82, 2.24) is 15.5 Å². The zero-order valence-corrected chi connectivity index (χ0v) is 10.2. The van der Waals surface area contributed by atoms with Crippen LogP contribution in [0.3, 0.4) is 0 Å². The van der Waals surface area contributed by atoms with Crippen LogP contribution in [0.1, 0.15) is 38.5 Å². The minimum absolute atomic E-state index is 0.244. The van der Waals surface area contributed by atoms with Crippen LogP contribution in [0.15, 0.2) is 4.52 Å². The summed E-state index contributed by atoms with van der Waals surface area (Å²) in [5, 5.41) is 7.25. The minimum atomic E-state index is 0.244. The van der Waals surface area contributed by atoms with Gasteiger partial charge in [-0.2, -0.15) is 4.98 Å². The largest absolute Gasteiger partial charge is 0.338 e. The van der Waals surface area contributed by atoms with Crippen LogP contribution in [0.2, 0.25) is 0 Å². The second-order valence-corrected chi connectivity index (χ2v) is 4.49. The molecule has 1 aliphatic rings. The van der Waals surface area contributed by atoms with Crippen molar-refractivity contribution in [3.05, 3.63) is 5.89 Å². The quantitative estimate of drug-likeness (QED) is 0.837. The van der Waals surface area contributed by atoms with E-state index in [9.17, 15) is 0 Å². The van der Waals surface area contributed by atoms with Crippen LogP contribution < -0.4 is 10.2 Å². The highest BCUT2D eigenvalue weighted by atomic mass is 16.5. The molecule has 5 heteroatoms. The van der Waals surface area contributed by atoms with Crippen LogP contribution in [0.25, 0.3) is 0 Å². The molecule has 0 radical (unpaired) electrons. The SMILES string of the molecule is CNC(C)C(C)c1nc(N2CCCC2)no1. The van der Waals surface area contributed by atoms with E-state index >= 15 is 0 Å². The van der Waals surface area contributed by atoms with Crippen molar-refractivity contribution in [2.45, 2.75) is 38.6 Å². The molecule has 2 heterocycles. The molecule has 0 saturated carbocycles. The van der Waals surface area contributed by atoms with Crippen LogP contribution in [0.4, 0.5) is 5.95 Å². The highest BCUT2D eigenvalue weighted by Crippen LogP contribution is 2.21. The summed E-state index contributed by atoms with van der Waals surface area (Å²) in [4.78, 5) is 6.65. The fourth-order valence-corrected chi connectivity index (χ4v) is 1.92. The Morgan fingerprint density at radius 2 is 2.00 bits per heavy atom. The first-order valence-corrected chi connectivity index (χ1v) is 5.98. The Morgan fingerprint density at radius 1 is 1.31 bits per heavy atom. The molecule has 2 atom stereocenters. The molecule has 0 spiro atoms. The number of nitrogens with zero attached hydrogens (tertiary/aromatic N) is 3. The maximum atomic E-state index is 5.32. The second kappa shape index (κ2) is 4.82. The van der Waals surface area contributed by atoms with Crippen molar-refractivity contribution < 1.29 is 4.52 Å². The molecule has 90 valence electrons. The third kappa shape index (κ3) is 2.19. The highest BCUT2D eigenvalue weighted by Gasteiger charge is 2.22. The molecule has 5 nitrogen and oxygen atoms in total. The number of nitrogens with one attached hydrogen (secondary N) is 1. The molecule has 1 aromatic heterocycles. The molecule has 1 aromatic rings. The van der Waals surface area contributed by atoms with E-state index in [1.165, 1.54) is 12.8 Å². The lowest BCUT2D eigenvalue weighted by Crippen LogP contribution is -2.27. The van der Waals surface area contributed by atoms with Crippen molar-refractivity contribution in [2.24, 2.45) is 0 Å². The number of hydrogen-bond acceptors (Lipinski definition) is 5. The van der Waals surface area contributed by atoms with Gasteiger partial charge in [0.05, 0.1) is 5.92 Å². The monoisotopic (exact) mass is 224 g/mol. The van der Waals surface area contributed by atoms with Crippen LogP contribution in [-0.4, -0.2) is 36.3 Å². The van der Waals surface area contributed by atoms with Crippen molar-refractivity contribution in [1.29, 1.82) is 0 Å². The molecule has 0 aromatic carbocycles. The Balaban J connectivity index is 2.06. The summed E-state index contributed by atoms with van der Waals surface area (Å²) in [5.41, 5.74) is 0. The van der Waals surface area contributed by atoms with Gasteiger partial charge in [-0.25, -0.2) is 0 Å². The van der Waals surface area contributed by atoms with Gasteiger partial charge in [-0.15, -0.1) is 0 Å². The summed E-state index contributed by atoms with van der Waals surface area (Å²) in [5.74, 6) is 1.72. The van der Waals surface area contributed by atoms with Gasteiger partial charge in [0.1, 0.15) is 0 Å². The number of anilines is 1. The predicted octanol–water partition coefficient (Wildman–Crippen LogP) is 1.38. The van der Waals surface area contributed by atoms with E-state index in [1.54, 1.807) is 0 Å². The number of rotatable bonds is 4. The molecule has 2 unspecified atom stereocenters. The Bertz CT molecular complexity index is 332. The number of hydrogen-bond donors (Lipinski definition) is 1. The van der Waals surface area contributed by atoms with E-state index in [4.69, 9.17) is 4.52 Å². The van der Waals surface area contributed by atoms with E-state index < -0.39 is 0 Å². The van der Waals surface area contributed by atoms with E-state index in [0.29, 0.717) is 6.04 Å². The lowest BCUT2D eigenvalue weighted by Gasteiger charge is -2.14. The van der Waals surface area contributed by atoms with Gasteiger partial charge >= 0.3 is 0 Å². The average Bonchev–Trinajstić information content (AvgIpc) is 2.96. The van der Waals surface area contributed by atoms with Crippen molar-refractivity contribution in [3.63, 3.8) is 0 Å². The molecular weight excluding hydrogens is 204 g/mol. The fourth-order valence-electron chi connectivity index (χ4n) is 1.92. The lowest BCUT2D eigenvalue weighted by molar-refractivity contribution is 0.335. The standard InChI is InChI=1S/C11H20N4O/c1-8(9(2)12-3)10-13-11(14-16-10)15-6-4-5-7-15/h8-9,12H,4-7H2,1-3H3. The molecular formula is C11H20N4O. The van der Waals surface area contributed by atoms with Gasteiger partial charge in [0, 0.05) is 19.1 Å². The molecule has 1 aliphatic heterocycles. The Kier molecular flexibility index (Phi) is 3.43. The van der Waals surface area contributed by atoms with Crippen LogP contribution >= 0.6 is 0 Å². The molecule has 1 fully saturated rings. The third-order valence-corrected chi connectivity index (χ3v) is 3.41. The smallest absolute Gasteiger partial charge is 0.266 e. The van der Waals surface area contributed by atoms with Crippen molar-refractivity contribution >= 4 is 5.95 Å². The van der Waals surface area contributed by atoms with Gasteiger partial charge in [-0.05, 0) is 32.0 Å². The number of aromatic nitrogens is 2. The second-order valence-electron chi connectivity index (χ2n) is 4.49. The summed E-state index contributed by atoms with van der Waals surface area (Å²) in [6.07, 6.45) is 2.46. The van der Waals surface area contributed by atoms with E-state index in [0.717, 1.165) is 24.9 Å². The molecule has 0 aliphatic carbocycles. The van der Waals surface area contributed by atoms with Gasteiger partial charge in [-0.1, -0.05) is 6.92 Å². The maximum Gasteiger partial charge on any atom is 0.266 e. The summed E-state index contributed by atoms with van der Waals surface area (Å²) in [7, 11) is 1.94. The topological polar surface area (TPSA) is 54.2 Å². The van der Waals surface area contributed by atoms with E-state index in [-0.39, 0.29) is 5.92 Å². The third-order valence-electron chi connectivity index (χ3n) is 3.41. The molecule has 0 bridgehead atoms. The summed E-state index contributed by atoms with van der Waals surface area (Å²) < 4.78 is 5.32. The average molecular weight is 224 g/mol. The summed E-state index contributed by atoms with van der Waals surface area (Å²) in [6, 6.07) is 0.340. The van der Waals surface area contributed by atoms with Gasteiger partial charge in [0.15, 0.2) is 0 Å². The molecule has 1 saturated heterocycles. The molecule has 2 rings (SSSR count). The van der Waals surface area contributed by atoms with Crippen molar-refractivity contribution in [3.8, 4) is 0 Å². The fraction of sp³-hybridized carbons (Fsp3) is 0.818. The first kappa shape index (κ1) is 11.4. The van der Waals surface area contributed by atoms with Crippen molar-refractivity contribution in [2.75, 3.05) is 25.0 Å². The Morgan fingerprint density at radius 3 is 2.62 bits per heavy atom. The summed E-state index contributed by atoms with van der Waals surface area (Å²) in [6.45, 7) is 6.32. The molecule has 0 amide bonds. The van der Waals surface area contributed by atoms with Crippen LogP contribution in [0.5, 0.6) is 0 Å². The normalized spacial score (nSPS) is 20.1. The zero-order chi connectivity index (χ0) is 11.5. The highest BCUT2D eigenvalue weighted by molar-refractivity contribution is 5.29. The molecule has 1 N–H and O–H groups in total. The van der Waals surface area contributed by atoms with E-state index in [2.05, 4.69) is 34.2 Å². The predicted molar refractivity (Wildman–Crippen MR) is 62.7 cm³/mol. The van der Waals surface area contributed by atoms with Gasteiger partial charge < -0.3 is 14.7 Å². The van der Waals surface area contributed by atoms with Gasteiger partial charge in [0.2, 0.25) is 5.89 Å². The Hall–Kier alpha value is -1.10. The first-order valence-electron chi connectivity index (χ1n) is 5.98. The number of likely N-dealkylation sites (N-methyl/N-ethyl adjacent to an activating group) is 1. The van der Waals surface area contributed by atoms with Crippen LogP contribution in [-0.2, 0) is 0 Å². The minimum Gasteiger partial charge on any atom is -0.338 e. The zero-order valence-electron chi connectivity index (χ0n) is 10.2. The lowest BCUT2D eigenvalue weighted by atomic mass is 10.0. The van der Waals surface area contributed by atoms with Gasteiger partial charge in [0.25, 0.3) is 5.95 Å². The van der Waals surface area contributed by atoms with Crippen LogP contribution in [0, 0.1) is 0 Å². The first-order chi connectivity index (χ1) is 7.72. The Labute approximate surface area is 96.2 Å². The van der Waals surface area contributed by atoms with E-state index in [1.807, 2.05) is 7.05 Å². The van der Waals surface area contributed by atoms with Gasteiger partial charge in [-0.3, -0.25) is 0 Å². The molecule has 16 heavy (non-hydrogen) atoms. The summed E-state index contributed by atoms with van der Waals surface area (Å²) >= 11 is 0. The maximum absolute atomic E-state index is 5.32.